The summed E-state index contributed by atoms with van der Waals surface area (Å²) in [5, 5.41) is 0. The highest BCUT2D eigenvalue weighted by molar-refractivity contribution is 9.10. The first-order chi connectivity index (χ1) is 5.70. The highest BCUT2D eigenvalue weighted by atomic mass is 79.9. The SMILES string of the molecule is NC(=O)/C=C/c1nccnc1Br. The van der Waals surface area contributed by atoms with Gasteiger partial charge in [-0.05, 0) is 22.0 Å². The molecule has 0 aromatic carbocycles. The van der Waals surface area contributed by atoms with Crippen molar-refractivity contribution in [1.29, 1.82) is 0 Å². The van der Waals surface area contributed by atoms with Crippen molar-refractivity contribution in [3.63, 3.8) is 0 Å². The minimum absolute atomic E-state index is 0.507. The lowest BCUT2D eigenvalue weighted by molar-refractivity contribution is -0.113. The van der Waals surface area contributed by atoms with E-state index in [2.05, 4.69) is 25.9 Å². The lowest BCUT2D eigenvalue weighted by Crippen LogP contribution is -2.05. The fourth-order valence-corrected chi connectivity index (χ4v) is 0.957. The molecule has 0 unspecified atom stereocenters. The molecule has 4 nitrogen and oxygen atoms in total. The molecule has 1 heterocycles. The van der Waals surface area contributed by atoms with Gasteiger partial charge >= 0.3 is 0 Å². The Morgan fingerprint density at radius 2 is 2.17 bits per heavy atom. The van der Waals surface area contributed by atoms with E-state index in [-0.39, 0.29) is 0 Å². The zero-order valence-corrected chi connectivity index (χ0v) is 7.65. The maximum atomic E-state index is 10.4. The summed E-state index contributed by atoms with van der Waals surface area (Å²) in [5.41, 5.74) is 5.48. The molecule has 1 aromatic heterocycles. The largest absolute Gasteiger partial charge is 0.366 e. The first kappa shape index (κ1) is 8.86. The molecule has 0 spiro atoms. The predicted octanol–water partition coefficient (Wildman–Crippen LogP) is 0.738. The number of hydrogen-bond donors (Lipinski definition) is 1. The summed E-state index contributed by atoms with van der Waals surface area (Å²) < 4.78 is 0.586. The number of halogens is 1. The number of primary amides is 1. The minimum atomic E-state index is -0.507. The van der Waals surface area contributed by atoms with Crippen LogP contribution in [0.4, 0.5) is 0 Å². The van der Waals surface area contributed by atoms with Crippen LogP contribution in [0.3, 0.4) is 0 Å². The predicted molar refractivity (Wildman–Crippen MR) is 48.0 cm³/mol. The van der Waals surface area contributed by atoms with Gasteiger partial charge in [-0.3, -0.25) is 9.78 Å². The fraction of sp³-hybridized carbons (Fsp3) is 0. The van der Waals surface area contributed by atoms with Gasteiger partial charge in [-0.25, -0.2) is 4.98 Å². The van der Waals surface area contributed by atoms with Crippen LogP contribution in [0.1, 0.15) is 5.69 Å². The van der Waals surface area contributed by atoms with Crippen molar-refractivity contribution in [2.45, 2.75) is 0 Å². The molecule has 5 heteroatoms. The molecule has 1 rings (SSSR count). The smallest absolute Gasteiger partial charge is 0.241 e. The summed E-state index contributed by atoms with van der Waals surface area (Å²) in [5.74, 6) is -0.507. The molecule has 0 atom stereocenters. The zero-order valence-electron chi connectivity index (χ0n) is 6.07. The topological polar surface area (TPSA) is 68.9 Å². The first-order valence-electron chi connectivity index (χ1n) is 3.14. The maximum Gasteiger partial charge on any atom is 0.241 e. The molecule has 2 N–H and O–H groups in total. The van der Waals surface area contributed by atoms with Crippen LogP contribution in [0.15, 0.2) is 23.1 Å². The number of hydrogen-bond acceptors (Lipinski definition) is 3. The van der Waals surface area contributed by atoms with Crippen molar-refractivity contribution < 1.29 is 4.79 Å². The second-order valence-electron chi connectivity index (χ2n) is 1.97. The third-order valence-electron chi connectivity index (χ3n) is 1.08. The number of nitrogens with two attached hydrogens (primary N) is 1. The quantitative estimate of drug-likeness (QED) is 0.759. The van der Waals surface area contributed by atoms with Gasteiger partial charge in [0.05, 0.1) is 5.69 Å². The maximum absolute atomic E-state index is 10.4. The Hall–Kier alpha value is -1.23. The Morgan fingerprint density at radius 3 is 2.75 bits per heavy atom. The molecule has 0 radical (unpaired) electrons. The average molecular weight is 228 g/mol. The summed E-state index contributed by atoms with van der Waals surface area (Å²) >= 11 is 3.17. The highest BCUT2D eigenvalue weighted by Crippen LogP contribution is 2.10. The summed E-state index contributed by atoms with van der Waals surface area (Å²) in [6.07, 6.45) is 5.81. The zero-order chi connectivity index (χ0) is 8.97. The van der Waals surface area contributed by atoms with E-state index in [0.29, 0.717) is 10.3 Å². The molecule has 0 aliphatic carbocycles. The number of rotatable bonds is 2. The molecule has 62 valence electrons. The number of nitrogens with zero attached hydrogens (tertiary/aromatic N) is 2. The van der Waals surface area contributed by atoms with Crippen LogP contribution >= 0.6 is 15.9 Å². The summed E-state index contributed by atoms with van der Waals surface area (Å²) in [4.78, 5) is 18.2. The van der Waals surface area contributed by atoms with E-state index < -0.39 is 5.91 Å². The Balaban J connectivity index is 2.89. The minimum Gasteiger partial charge on any atom is -0.366 e. The molecular weight excluding hydrogens is 222 g/mol. The van der Waals surface area contributed by atoms with E-state index >= 15 is 0 Å². The van der Waals surface area contributed by atoms with Gasteiger partial charge in [-0.2, -0.15) is 0 Å². The molecule has 1 amide bonds. The van der Waals surface area contributed by atoms with Crippen LogP contribution < -0.4 is 5.73 Å². The number of amides is 1. The summed E-state index contributed by atoms with van der Waals surface area (Å²) in [6.45, 7) is 0. The van der Waals surface area contributed by atoms with Crippen molar-refractivity contribution in [2.75, 3.05) is 0 Å². The molecule has 12 heavy (non-hydrogen) atoms. The lowest BCUT2D eigenvalue weighted by atomic mass is 10.4. The third-order valence-corrected chi connectivity index (χ3v) is 1.70. The van der Waals surface area contributed by atoms with Gasteiger partial charge in [0.1, 0.15) is 4.60 Å². The Labute approximate surface area is 77.6 Å². The van der Waals surface area contributed by atoms with E-state index in [1.807, 2.05) is 0 Å². The van der Waals surface area contributed by atoms with Crippen LogP contribution in [0.2, 0.25) is 0 Å². The molecule has 1 aromatic rings. The van der Waals surface area contributed by atoms with E-state index in [0.717, 1.165) is 0 Å². The Bertz CT molecular complexity index is 324. The fourth-order valence-electron chi connectivity index (χ4n) is 0.605. The Morgan fingerprint density at radius 1 is 1.50 bits per heavy atom. The third kappa shape index (κ3) is 2.43. The van der Waals surface area contributed by atoms with Crippen LogP contribution in [0, 0.1) is 0 Å². The normalized spacial score (nSPS) is 10.4. The standard InChI is InChI=1S/C7H6BrN3O/c8-7-5(1-2-6(9)12)10-3-4-11-7/h1-4H,(H2,9,12)/b2-1+. The van der Waals surface area contributed by atoms with Crippen LogP contribution in [-0.2, 0) is 4.79 Å². The monoisotopic (exact) mass is 227 g/mol. The number of aromatic nitrogens is 2. The molecule has 0 aliphatic heterocycles. The van der Waals surface area contributed by atoms with Crippen molar-refractivity contribution >= 4 is 27.9 Å². The van der Waals surface area contributed by atoms with Crippen LogP contribution in [0.25, 0.3) is 6.08 Å². The molecule has 0 fully saturated rings. The molecule has 0 saturated carbocycles. The summed E-state index contributed by atoms with van der Waals surface area (Å²) in [7, 11) is 0. The number of carbonyl (C=O) groups excluding carboxylic acids is 1. The van der Waals surface area contributed by atoms with Crippen LogP contribution in [-0.4, -0.2) is 15.9 Å². The van der Waals surface area contributed by atoms with Gasteiger partial charge in [0.2, 0.25) is 5.91 Å². The average Bonchev–Trinajstić information content (AvgIpc) is 2.03. The van der Waals surface area contributed by atoms with E-state index in [4.69, 9.17) is 5.73 Å². The van der Waals surface area contributed by atoms with Crippen LogP contribution in [0.5, 0.6) is 0 Å². The van der Waals surface area contributed by atoms with Crippen molar-refractivity contribution in [2.24, 2.45) is 5.73 Å². The summed E-state index contributed by atoms with van der Waals surface area (Å²) in [6, 6.07) is 0. The number of carbonyl (C=O) groups is 1. The van der Waals surface area contributed by atoms with Gasteiger partial charge in [0.25, 0.3) is 0 Å². The molecular formula is C7H6BrN3O. The van der Waals surface area contributed by atoms with Crippen molar-refractivity contribution in [3.8, 4) is 0 Å². The van der Waals surface area contributed by atoms with Gasteiger partial charge in [-0.1, -0.05) is 0 Å². The van der Waals surface area contributed by atoms with Gasteiger partial charge < -0.3 is 5.73 Å². The van der Waals surface area contributed by atoms with Crippen molar-refractivity contribution in [1.82, 2.24) is 9.97 Å². The highest BCUT2D eigenvalue weighted by Gasteiger charge is 1.95. The first-order valence-corrected chi connectivity index (χ1v) is 3.93. The van der Waals surface area contributed by atoms with E-state index in [1.54, 1.807) is 6.20 Å². The van der Waals surface area contributed by atoms with Gasteiger partial charge in [0.15, 0.2) is 0 Å². The molecule has 0 bridgehead atoms. The van der Waals surface area contributed by atoms with Gasteiger partial charge in [-0.15, -0.1) is 0 Å². The molecule has 0 aliphatic rings. The second kappa shape index (κ2) is 3.96. The van der Waals surface area contributed by atoms with Gasteiger partial charge in [0, 0.05) is 18.5 Å². The molecule has 0 saturated heterocycles. The van der Waals surface area contributed by atoms with E-state index in [9.17, 15) is 4.79 Å². The van der Waals surface area contributed by atoms with E-state index in [1.165, 1.54) is 18.3 Å². The second-order valence-corrected chi connectivity index (χ2v) is 2.72. The Kier molecular flexibility index (Phi) is 2.93. The van der Waals surface area contributed by atoms with Crippen molar-refractivity contribution in [3.05, 3.63) is 28.8 Å². The lowest BCUT2D eigenvalue weighted by Gasteiger charge is -1.92.